The number of furan rings is 1. The largest absolute Gasteiger partial charge is 0.456 e. The number of para-hydroxylation sites is 1. The Labute approximate surface area is 285 Å². The van der Waals surface area contributed by atoms with Gasteiger partial charge in [0.15, 0.2) is 0 Å². The van der Waals surface area contributed by atoms with Crippen LogP contribution in [-0.2, 0) is 11.8 Å². The number of nitrogens with zero attached hydrogens (tertiary/aromatic N) is 1. The molecule has 3 unspecified atom stereocenters. The predicted octanol–water partition coefficient (Wildman–Crippen LogP) is 12.1. The fourth-order valence-electron chi connectivity index (χ4n) is 10.6. The molecule has 0 fully saturated rings. The van der Waals surface area contributed by atoms with Crippen LogP contribution in [0.15, 0.2) is 144 Å². The topological polar surface area (TPSA) is 16.4 Å². The van der Waals surface area contributed by atoms with E-state index in [1.54, 1.807) is 16.7 Å². The van der Waals surface area contributed by atoms with Crippen LogP contribution < -0.4 is 4.90 Å². The van der Waals surface area contributed by atoms with Gasteiger partial charge in [-0.05, 0) is 124 Å². The summed E-state index contributed by atoms with van der Waals surface area (Å²) in [4.78, 5) is 2.47. The van der Waals surface area contributed by atoms with E-state index >= 15 is 0 Å². The van der Waals surface area contributed by atoms with E-state index in [4.69, 9.17) is 4.42 Å². The average Bonchev–Trinajstić information content (AvgIpc) is 3.86. The summed E-state index contributed by atoms with van der Waals surface area (Å²) in [7, 11) is 0. The summed E-state index contributed by atoms with van der Waals surface area (Å²) in [5.41, 5.74) is 20.1. The molecule has 5 aromatic carbocycles. The van der Waals surface area contributed by atoms with Crippen molar-refractivity contribution in [2.45, 2.75) is 37.0 Å². The number of benzene rings is 5. The SMILES string of the molecule is C1=CC2c3cccc4c3C3(C5=C4CCC=C5c4ccc(N(c5ccc6c(c5)CCC=C6)c5ccc6c(c5)oc5ccccc56)cc43)C2C=C1. The van der Waals surface area contributed by atoms with Gasteiger partial charge in [-0.15, -0.1) is 0 Å². The Balaban J connectivity index is 1.12. The summed E-state index contributed by atoms with van der Waals surface area (Å²) >= 11 is 0. The van der Waals surface area contributed by atoms with E-state index in [2.05, 4.69) is 144 Å². The van der Waals surface area contributed by atoms with Crippen molar-refractivity contribution in [3.05, 3.63) is 178 Å². The number of rotatable bonds is 3. The van der Waals surface area contributed by atoms with Crippen molar-refractivity contribution < 1.29 is 4.42 Å². The van der Waals surface area contributed by atoms with E-state index in [0.717, 1.165) is 53.3 Å². The van der Waals surface area contributed by atoms with E-state index in [1.807, 2.05) is 0 Å². The first-order chi connectivity index (χ1) is 24.3. The first-order valence-electron chi connectivity index (χ1n) is 17.9. The van der Waals surface area contributed by atoms with E-state index in [9.17, 15) is 0 Å². The third-order valence-corrected chi connectivity index (χ3v) is 12.4. The zero-order valence-corrected chi connectivity index (χ0v) is 27.1. The van der Waals surface area contributed by atoms with Crippen LogP contribution >= 0.6 is 0 Å². The number of fused-ring (bicyclic) bond motifs is 9. The molecule has 232 valence electrons. The van der Waals surface area contributed by atoms with Crippen LogP contribution in [0.4, 0.5) is 17.1 Å². The van der Waals surface area contributed by atoms with E-state index in [0.29, 0.717) is 11.8 Å². The zero-order valence-electron chi connectivity index (χ0n) is 27.1. The summed E-state index contributed by atoms with van der Waals surface area (Å²) < 4.78 is 6.46. The van der Waals surface area contributed by atoms with Crippen molar-refractivity contribution in [2.75, 3.05) is 4.90 Å². The molecule has 6 aliphatic rings. The fourth-order valence-corrected chi connectivity index (χ4v) is 10.6. The van der Waals surface area contributed by atoms with Gasteiger partial charge in [-0.3, -0.25) is 0 Å². The maximum atomic E-state index is 6.46. The van der Waals surface area contributed by atoms with Crippen LogP contribution in [0.25, 0.3) is 39.2 Å². The summed E-state index contributed by atoms with van der Waals surface area (Å²) in [5.74, 6) is 0.766. The molecule has 12 rings (SSSR count). The second-order valence-electron chi connectivity index (χ2n) is 14.6. The molecule has 1 heterocycles. The number of hydrogen-bond donors (Lipinski definition) is 0. The smallest absolute Gasteiger partial charge is 0.137 e. The van der Waals surface area contributed by atoms with Crippen molar-refractivity contribution in [1.29, 1.82) is 0 Å². The Hall–Kier alpha value is -5.60. The Morgan fingerprint density at radius 3 is 2.55 bits per heavy atom. The molecule has 0 bridgehead atoms. The van der Waals surface area contributed by atoms with Crippen LogP contribution in [0.2, 0.25) is 0 Å². The molecule has 2 nitrogen and oxygen atoms in total. The Morgan fingerprint density at radius 1 is 0.694 bits per heavy atom. The minimum atomic E-state index is -0.153. The second-order valence-corrected chi connectivity index (χ2v) is 14.6. The molecular weight excluding hydrogens is 595 g/mol. The molecule has 0 radical (unpaired) electrons. The third-order valence-electron chi connectivity index (χ3n) is 12.4. The van der Waals surface area contributed by atoms with Crippen molar-refractivity contribution in [2.24, 2.45) is 5.92 Å². The normalized spacial score (nSPS) is 23.1. The van der Waals surface area contributed by atoms with Gasteiger partial charge in [0.1, 0.15) is 11.2 Å². The molecule has 0 aliphatic heterocycles. The fraction of sp³-hybridized carbons (Fsp3) is 0.149. The second kappa shape index (κ2) is 9.30. The molecule has 0 saturated heterocycles. The maximum Gasteiger partial charge on any atom is 0.137 e. The predicted molar refractivity (Wildman–Crippen MR) is 202 cm³/mol. The van der Waals surface area contributed by atoms with Crippen molar-refractivity contribution in [3.63, 3.8) is 0 Å². The van der Waals surface area contributed by atoms with Gasteiger partial charge in [-0.1, -0.05) is 91.1 Å². The highest BCUT2D eigenvalue weighted by Gasteiger charge is 2.63. The van der Waals surface area contributed by atoms with Gasteiger partial charge in [0.05, 0.1) is 5.41 Å². The summed E-state index contributed by atoms with van der Waals surface area (Å²) in [6.45, 7) is 0. The molecule has 1 spiro atoms. The minimum Gasteiger partial charge on any atom is -0.456 e. The van der Waals surface area contributed by atoms with Crippen LogP contribution in [0, 0.1) is 5.92 Å². The average molecular weight is 628 g/mol. The zero-order chi connectivity index (χ0) is 31.8. The van der Waals surface area contributed by atoms with Gasteiger partial charge in [0, 0.05) is 45.7 Å². The van der Waals surface area contributed by atoms with E-state index in [1.165, 1.54) is 50.3 Å². The number of anilines is 3. The van der Waals surface area contributed by atoms with Crippen LogP contribution in [0.5, 0.6) is 0 Å². The molecule has 6 aliphatic carbocycles. The van der Waals surface area contributed by atoms with E-state index in [-0.39, 0.29) is 5.41 Å². The minimum absolute atomic E-state index is 0.153. The number of aryl methyl sites for hydroxylation is 1. The van der Waals surface area contributed by atoms with Gasteiger partial charge < -0.3 is 9.32 Å². The van der Waals surface area contributed by atoms with Gasteiger partial charge >= 0.3 is 0 Å². The lowest BCUT2D eigenvalue weighted by molar-refractivity contribution is 0.470. The van der Waals surface area contributed by atoms with Crippen molar-refractivity contribution >= 4 is 56.2 Å². The van der Waals surface area contributed by atoms with Crippen LogP contribution in [0.1, 0.15) is 64.1 Å². The highest BCUT2D eigenvalue weighted by molar-refractivity contribution is 6.08. The van der Waals surface area contributed by atoms with Gasteiger partial charge in [0.25, 0.3) is 0 Å². The maximum absolute atomic E-state index is 6.46. The molecule has 0 amide bonds. The molecule has 0 N–H and O–H groups in total. The summed E-state index contributed by atoms with van der Waals surface area (Å²) in [6, 6.07) is 36.6. The van der Waals surface area contributed by atoms with Crippen LogP contribution in [-0.4, -0.2) is 0 Å². The molecule has 3 atom stereocenters. The molecule has 2 heteroatoms. The summed E-state index contributed by atoms with van der Waals surface area (Å²) in [6.07, 6.45) is 21.0. The standard InChI is InChI=1S/C47H33NO/c1-2-10-29-25-30(20-19-28(29)9-1)48(32-22-24-36-35-12-4-6-18-43(35)49-44(36)27-32)31-21-23-34-38-14-8-16-40-39-15-7-13-37-33-11-3-5-17-41(33)47(45(37)39,46(38)40)42(34)26-31/h1,3-7,9,11-15,17-27,33,41H,2,8,10,16H2. The number of allylic oxidation sites excluding steroid dienone is 9. The monoisotopic (exact) mass is 627 g/mol. The van der Waals surface area contributed by atoms with Crippen molar-refractivity contribution in [3.8, 4) is 0 Å². The van der Waals surface area contributed by atoms with Gasteiger partial charge in [-0.25, -0.2) is 0 Å². The first-order valence-corrected chi connectivity index (χ1v) is 17.9. The molecule has 49 heavy (non-hydrogen) atoms. The summed E-state index contributed by atoms with van der Waals surface area (Å²) in [5, 5.41) is 2.32. The lowest BCUT2D eigenvalue weighted by Crippen LogP contribution is -2.31. The van der Waals surface area contributed by atoms with Crippen molar-refractivity contribution in [1.82, 2.24) is 0 Å². The molecule has 6 aromatic rings. The van der Waals surface area contributed by atoms with E-state index < -0.39 is 0 Å². The van der Waals surface area contributed by atoms with Gasteiger partial charge in [0.2, 0.25) is 0 Å². The Kier molecular flexibility index (Phi) is 5.00. The third kappa shape index (κ3) is 3.23. The quantitative estimate of drug-likeness (QED) is 0.194. The highest BCUT2D eigenvalue weighted by atomic mass is 16.3. The van der Waals surface area contributed by atoms with Gasteiger partial charge in [-0.2, -0.15) is 0 Å². The lowest BCUT2D eigenvalue weighted by Gasteiger charge is -2.35. The Morgan fingerprint density at radius 2 is 1.55 bits per heavy atom. The first kappa shape index (κ1) is 26.4. The molecule has 0 saturated carbocycles. The van der Waals surface area contributed by atoms with Crippen LogP contribution in [0.3, 0.4) is 0 Å². The lowest BCUT2D eigenvalue weighted by atomic mass is 9.66. The molecular formula is C47H33NO. The number of hydrogen-bond acceptors (Lipinski definition) is 2. The highest BCUT2D eigenvalue weighted by Crippen LogP contribution is 2.72. The Bertz CT molecular complexity index is 2640. The molecule has 1 aromatic heterocycles.